The molecule has 64 valence electrons. The summed E-state index contributed by atoms with van der Waals surface area (Å²) in [5, 5.41) is 0. The lowest BCUT2D eigenvalue weighted by atomic mass is 10.1. The van der Waals surface area contributed by atoms with E-state index >= 15 is 0 Å². The average Bonchev–Trinajstić information content (AvgIpc) is 2.80. The fourth-order valence-electron chi connectivity index (χ4n) is 1.16. The summed E-state index contributed by atoms with van der Waals surface area (Å²) in [6, 6.07) is 0. The maximum Gasteiger partial charge on any atom is 0.132 e. The Morgan fingerprint density at radius 2 is 2.09 bits per heavy atom. The van der Waals surface area contributed by atoms with E-state index in [4.69, 9.17) is 11.6 Å². The van der Waals surface area contributed by atoms with Crippen molar-refractivity contribution in [3.05, 3.63) is 0 Å². The summed E-state index contributed by atoms with van der Waals surface area (Å²) in [5.41, 5.74) is 0. The van der Waals surface area contributed by atoms with Crippen LogP contribution in [0.2, 0.25) is 0 Å². The molecule has 0 aromatic carbocycles. The van der Waals surface area contributed by atoms with Crippen molar-refractivity contribution in [2.45, 2.75) is 38.5 Å². The number of carbonyl (C=O) groups excluding carboxylic acids is 1. The molecule has 1 rings (SSSR count). The summed E-state index contributed by atoms with van der Waals surface area (Å²) in [6.45, 7) is 0. The van der Waals surface area contributed by atoms with Crippen LogP contribution in [0.3, 0.4) is 0 Å². The van der Waals surface area contributed by atoms with Crippen LogP contribution in [-0.2, 0) is 4.79 Å². The minimum atomic E-state index is 0.401. The van der Waals surface area contributed by atoms with Gasteiger partial charge < -0.3 is 0 Å². The molecule has 1 aliphatic rings. The molecule has 1 fully saturated rings. The highest BCUT2D eigenvalue weighted by atomic mass is 35.5. The summed E-state index contributed by atoms with van der Waals surface area (Å²) in [7, 11) is 0. The van der Waals surface area contributed by atoms with Gasteiger partial charge in [-0.05, 0) is 18.8 Å². The van der Waals surface area contributed by atoms with Crippen LogP contribution in [0, 0.1) is 5.92 Å². The highest BCUT2D eigenvalue weighted by molar-refractivity contribution is 6.17. The number of halogens is 1. The van der Waals surface area contributed by atoms with Crippen molar-refractivity contribution in [3.63, 3.8) is 0 Å². The first-order valence-electron chi connectivity index (χ1n) is 4.40. The van der Waals surface area contributed by atoms with Gasteiger partial charge in [0.15, 0.2) is 0 Å². The Morgan fingerprint density at radius 1 is 1.36 bits per heavy atom. The Hall–Kier alpha value is -0.0400. The molecule has 0 unspecified atom stereocenters. The van der Waals surface area contributed by atoms with E-state index < -0.39 is 0 Å². The second kappa shape index (κ2) is 4.76. The van der Waals surface area contributed by atoms with Crippen LogP contribution in [0.1, 0.15) is 38.5 Å². The maximum atomic E-state index is 11.1. The topological polar surface area (TPSA) is 17.1 Å². The molecular weight excluding hydrogens is 160 g/mol. The molecule has 0 saturated heterocycles. The Bertz CT molecular complexity index is 130. The van der Waals surface area contributed by atoms with Crippen molar-refractivity contribution in [1.82, 2.24) is 0 Å². The van der Waals surface area contributed by atoms with Crippen molar-refractivity contribution in [2.24, 2.45) is 5.92 Å². The van der Waals surface area contributed by atoms with Crippen molar-refractivity contribution in [1.29, 1.82) is 0 Å². The lowest BCUT2D eigenvalue weighted by molar-refractivity contribution is -0.119. The molecule has 1 nitrogen and oxygen atoms in total. The van der Waals surface area contributed by atoms with E-state index in [-0.39, 0.29) is 0 Å². The van der Waals surface area contributed by atoms with E-state index in [0.29, 0.717) is 18.1 Å². The molecule has 0 atom stereocenters. The van der Waals surface area contributed by atoms with Crippen LogP contribution >= 0.6 is 11.6 Å². The van der Waals surface area contributed by atoms with Crippen molar-refractivity contribution in [3.8, 4) is 0 Å². The van der Waals surface area contributed by atoms with Crippen LogP contribution in [0.15, 0.2) is 0 Å². The molecule has 0 N–H and O–H groups in total. The zero-order valence-electron chi connectivity index (χ0n) is 6.81. The Balaban J connectivity index is 1.91. The van der Waals surface area contributed by atoms with E-state index in [2.05, 4.69) is 0 Å². The summed E-state index contributed by atoms with van der Waals surface area (Å²) < 4.78 is 0. The molecular formula is C9H15ClO. The van der Waals surface area contributed by atoms with Gasteiger partial charge >= 0.3 is 0 Å². The molecule has 0 amide bonds. The summed E-state index contributed by atoms with van der Waals surface area (Å²) in [4.78, 5) is 11.1. The van der Waals surface area contributed by atoms with Crippen LogP contribution in [0.5, 0.6) is 0 Å². The third kappa shape index (κ3) is 4.41. The average molecular weight is 175 g/mol. The van der Waals surface area contributed by atoms with Gasteiger partial charge in [0.1, 0.15) is 5.78 Å². The molecule has 0 spiro atoms. The molecule has 0 aromatic rings. The predicted molar refractivity (Wildman–Crippen MR) is 46.9 cm³/mol. The summed E-state index contributed by atoms with van der Waals surface area (Å²) in [6.07, 6.45) is 6.16. The van der Waals surface area contributed by atoms with Crippen LogP contribution in [0.4, 0.5) is 0 Å². The van der Waals surface area contributed by atoms with Crippen LogP contribution in [0.25, 0.3) is 0 Å². The third-order valence-electron chi connectivity index (χ3n) is 2.12. The highest BCUT2D eigenvalue weighted by Crippen LogP contribution is 2.33. The largest absolute Gasteiger partial charge is 0.300 e. The maximum absolute atomic E-state index is 11.1. The normalized spacial score (nSPS) is 16.8. The molecule has 0 heterocycles. The number of hydrogen-bond acceptors (Lipinski definition) is 1. The molecule has 2 heteroatoms. The van der Waals surface area contributed by atoms with Gasteiger partial charge in [-0.3, -0.25) is 4.79 Å². The molecule has 1 aliphatic carbocycles. The molecule has 1 saturated carbocycles. The second-order valence-electron chi connectivity index (χ2n) is 3.31. The predicted octanol–water partition coefficient (Wildman–Crippen LogP) is 2.76. The zero-order valence-corrected chi connectivity index (χ0v) is 7.57. The summed E-state index contributed by atoms with van der Waals surface area (Å²) in [5.74, 6) is 1.90. The van der Waals surface area contributed by atoms with E-state index in [0.717, 1.165) is 25.2 Å². The van der Waals surface area contributed by atoms with Gasteiger partial charge in [0.05, 0.1) is 0 Å². The second-order valence-corrected chi connectivity index (χ2v) is 3.69. The first kappa shape index (κ1) is 9.05. The van der Waals surface area contributed by atoms with Crippen molar-refractivity contribution in [2.75, 3.05) is 5.88 Å². The van der Waals surface area contributed by atoms with Crippen molar-refractivity contribution < 1.29 is 4.79 Å². The van der Waals surface area contributed by atoms with Crippen LogP contribution in [-0.4, -0.2) is 11.7 Å². The van der Waals surface area contributed by atoms with Gasteiger partial charge in [-0.25, -0.2) is 0 Å². The van der Waals surface area contributed by atoms with E-state index in [9.17, 15) is 4.79 Å². The fraction of sp³-hybridized carbons (Fsp3) is 0.889. The Kier molecular flexibility index (Phi) is 3.92. The lowest BCUT2D eigenvalue weighted by Crippen LogP contribution is -1.98. The molecule has 0 aliphatic heterocycles. The molecule has 0 radical (unpaired) electrons. The smallest absolute Gasteiger partial charge is 0.132 e. The minimum absolute atomic E-state index is 0.401. The number of Topliss-reactive ketones (excluding diaryl/α,β-unsaturated/α-hetero) is 1. The van der Waals surface area contributed by atoms with Gasteiger partial charge in [0.25, 0.3) is 0 Å². The fourth-order valence-corrected chi connectivity index (χ4v) is 1.29. The molecule has 11 heavy (non-hydrogen) atoms. The monoisotopic (exact) mass is 174 g/mol. The Morgan fingerprint density at radius 3 is 2.64 bits per heavy atom. The number of ketones is 1. The first-order valence-corrected chi connectivity index (χ1v) is 4.94. The van der Waals surface area contributed by atoms with E-state index in [1.54, 1.807) is 0 Å². The number of carbonyl (C=O) groups is 1. The SMILES string of the molecule is O=C(CCCCl)CCC1CC1. The highest BCUT2D eigenvalue weighted by Gasteiger charge is 2.21. The number of hydrogen-bond donors (Lipinski definition) is 0. The zero-order chi connectivity index (χ0) is 8.10. The van der Waals surface area contributed by atoms with E-state index in [1.807, 2.05) is 0 Å². The minimum Gasteiger partial charge on any atom is -0.300 e. The van der Waals surface area contributed by atoms with Gasteiger partial charge in [-0.1, -0.05) is 12.8 Å². The quantitative estimate of drug-likeness (QED) is 0.566. The van der Waals surface area contributed by atoms with Crippen LogP contribution < -0.4 is 0 Å². The van der Waals surface area contributed by atoms with Gasteiger partial charge in [-0.2, -0.15) is 0 Å². The lowest BCUT2D eigenvalue weighted by Gasteiger charge is -1.96. The number of alkyl halides is 1. The van der Waals surface area contributed by atoms with E-state index in [1.165, 1.54) is 12.8 Å². The summed E-state index contributed by atoms with van der Waals surface area (Å²) >= 11 is 5.47. The number of rotatable bonds is 6. The van der Waals surface area contributed by atoms with Crippen molar-refractivity contribution >= 4 is 17.4 Å². The van der Waals surface area contributed by atoms with Gasteiger partial charge in [0.2, 0.25) is 0 Å². The Labute approximate surface area is 73.1 Å². The molecule has 0 aromatic heterocycles. The standard InChI is InChI=1S/C9H15ClO/c10-7-1-2-9(11)6-5-8-3-4-8/h8H,1-7H2. The first-order chi connectivity index (χ1) is 5.33. The molecule has 0 bridgehead atoms. The third-order valence-corrected chi connectivity index (χ3v) is 2.38. The van der Waals surface area contributed by atoms with Gasteiger partial charge in [0, 0.05) is 18.7 Å². The van der Waals surface area contributed by atoms with Gasteiger partial charge in [-0.15, -0.1) is 11.6 Å².